The Morgan fingerprint density at radius 1 is 1.09 bits per heavy atom. The Morgan fingerprint density at radius 2 is 1.75 bits per heavy atom. The molecule has 10 heteroatoms. The molecule has 2 heterocycles. The van der Waals surface area contributed by atoms with Gasteiger partial charge in [0.15, 0.2) is 0 Å². The summed E-state index contributed by atoms with van der Waals surface area (Å²) in [6.45, 7) is 6.37. The second-order valence-electron chi connectivity index (χ2n) is 8.74. The Kier molecular flexibility index (Phi) is 7.10. The fourth-order valence-electron chi connectivity index (χ4n) is 3.33. The molecule has 0 aliphatic carbocycles. The van der Waals surface area contributed by atoms with E-state index in [0.29, 0.717) is 31.3 Å². The minimum atomic E-state index is -4.13. The lowest BCUT2D eigenvalue weighted by atomic mass is 9.96. The third kappa shape index (κ3) is 7.00. The van der Waals surface area contributed by atoms with Gasteiger partial charge >= 0.3 is 12.3 Å². The average molecular weight is 451 g/mol. The van der Waals surface area contributed by atoms with Crippen LogP contribution >= 0.6 is 0 Å². The van der Waals surface area contributed by atoms with Crippen molar-refractivity contribution in [3.63, 3.8) is 0 Å². The van der Waals surface area contributed by atoms with Gasteiger partial charge in [-0.3, -0.25) is 0 Å². The van der Waals surface area contributed by atoms with Gasteiger partial charge in [0, 0.05) is 25.3 Å². The van der Waals surface area contributed by atoms with Gasteiger partial charge in [-0.25, -0.2) is 14.8 Å². The third-order valence-electron chi connectivity index (χ3n) is 4.98. The van der Waals surface area contributed by atoms with Crippen LogP contribution in [0.5, 0.6) is 0 Å². The number of alkyl halides is 3. The van der Waals surface area contributed by atoms with E-state index in [0.717, 1.165) is 11.3 Å². The van der Waals surface area contributed by atoms with Crippen molar-refractivity contribution in [1.82, 2.24) is 15.3 Å². The van der Waals surface area contributed by atoms with E-state index in [4.69, 9.17) is 4.74 Å². The van der Waals surface area contributed by atoms with Crippen molar-refractivity contribution in [2.75, 3.05) is 23.3 Å². The number of amides is 1. The number of benzene rings is 1. The minimum Gasteiger partial charge on any atom is -0.444 e. The van der Waals surface area contributed by atoms with Gasteiger partial charge in [0.2, 0.25) is 0 Å². The van der Waals surface area contributed by atoms with Crippen molar-refractivity contribution in [1.29, 1.82) is 0 Å². The molecule has 0 spiro atoms. The lowest BCUT2D eigenvalue weighted by Crippen LogP contribution is -2.39. The topological polar surface area (TPSA) is 79.4 Å². The molecule has 7 nitrogen and oxygen atoms in total. The van der Waals surface area contributed by atoms with Gasteiger partial charge in [0.25, 0.3) is 0 Å². The average Bonchev–Trinajstić information content (AvgIpc) is 2.72. The molecule has 1 fully saturated rings. The molecule has 0 saturated carbocycles. The molecular weight excluding hydrogens is 423 g/mol. The van der Waals surface area contributed by atoms with Crippen LogP contribution in [0.3, 0.4) is 0 Å². The van der Waals surface area contributed by atoms with E-state index in [-0.39, 0.29) is 12.8 Å². The molecule has 1 aliphatic rings. The van der Waals surface area contributed by atoms with E-state index in [2.05, 4.69) is 20.6 Å². The predicted molar refractivity (Wildman–Crippen MR) is 116 cm³/mol. The van der Waals surface area contributed by atoms with Crippen molar-refractivity contribution in [2.45, 2.75) is 51.9 Å². The van der Waals surface area contributed by atoms with Crippen LogP contribution in [0.15, 0.2) is 36.7 Å². The first-order chi connectivity index (χ1) is 15.0. The highest BCUT2D eigenvalue weighted by Crippen LogP contribution is 2.35. The zero-order chi connectivity index (χ0) is 23.4. The Bertz CT molecular complexity index is 888. The second-order valence-corrected chi connectivity index (χ2v) is 8.74. The maximum absolute atomic E-state index is 12.8. The van der Waals surface area contributed by atoms with Crippen LogP contribution in [0.1, 0.15) is 39.2 Å². The Labute approximate surface area is 185 Å². The summed E-state index contributed by atoms with van der Waals surface area (Å²) in [5.41, 5.74) is 1.15. The third-order valence-corrected chi connectivity index (χ3v) is 4.98. The van der Waals surface area contributed by atoms with Crippen LogP contribution in [0.2, 0.25) is 0 Å². The molecule has 0 radical (unpaired) electrons. The van der Waals surface area contributed by atoms with Crippen LogP contribution < -0.4 is 15.5 Å². The van der Waals surface area contributed by atoms with E-state index >= 15 is 0 Å². The Balaban J connectivity index is 1.49. The summed E-state index contributed by atoms with van der Waals surface area (Å²) < 4.78 is 43.6. The van der Waals surface area contributed by atoms with Crippen molar-refractivity contribution in [3.05, 3.63) is 42.2 Å². The van der Waals surface area contributed by atoms with Gasteiger partial charge in [-0.1, -0.05) is 12.1 Å². The number of rotatable bonds is 5. The molecule has 1 aromatic heterocycles. The zero-order valence-electron chi connectivity index (χ0n) is 18.4. The normalized spacial score (nSPS) is 15.4. The van der Waals surface area contributed by atoms with Crippen LogP contribution in [-0.2, 0) is 11.3 Å². The number of hydrogen-bond donors (Lipinski definition) is 2. The van der Waals surface area contributed by atoms with Crippen LogP contribution in [0.25, 0.3) is 0 Å². The van der Waals surface area contributed by atoms with E-state index in [1.165, 1.54) is 0 Å². The van der Waals surface area contributed by atoms with Crippen LogP contribution in [-0.4, -0.2) is 40.9 Å². The van der Waals surface area contributed by atoms with Gasteiger partial charge in [-0.2, -0.15) is 13.2 Å². The summed E-state index contributed by atoms with van der Waals surface area (Å²) in [4.78, 5) is 22.2. The summed E-state index contributed by atoms with van der Waals surface area (Å²) >= 11 is 0. The number of hydrogen-bond acceptors (Lipinski definition) is 6. The first-order valence-electron chi connectivity index (χ1n) is 10.5. The maximum Gasteiger partial charge on any atom is 0.407 e. The zero-order valence-corrected chi connectivity index (χ0v) is 18.4. The van der Waals surface area contributed by atoms with Gasteiger partial charge in [0.1, 0.15) is 17.2 Å². The molecule has 3 rings (SSSR count). The fourth-order valence-corrected chi connectivity index (χ4v) is 3.33. The van der Waals surface area contributed by atoms with Crippen molar-refractivity contribution in [3.8, 4) is 0 Å². The van der Waals surface area contributed by atoms with Crippen LogP contribution in [0.4, 0.5) is 35.3 Å². The number of halogens is 3. The van der Waals surface area contributed by atoms with Gasteiger partial charge < -0.3 is 20.3 Å². The summed E-state index contributed by atoms with van der Waals surface area (Å²) in [5.74, 6) is -0.145. The number of ether oxygens (including phenoxy) is 1. The second kappa shape index (κ2) is 9.62. The first-order valence-corrected chi connectivity index (χ1v) is 10.5. The molecule has 1 aliphatic heterocycles. The maximum atomic E-state index is 12.8. The number of nitrogens with zero attached hydrogens (tertiary/aromatic N) is 3. The molecule has 2 N–H and O–H groups in total. The molecule has 174 valence electrons. The smallest absolute Gasteiger partial charge is 0.407 e. The summed E-state index contributed by atoms with van der Waals surface area (Å²) in [7, 11) is 0. The quantitative estimate of drug-likeness (QED) is 0.664. The van der Waals surface area contributed by atoms with E-state index in [1.807, 2.05) is 29.2 Å². The SMILES string of the molecule is CC(C)(C)OC(=O)NCc1ccc(Nc2cnc(N3CCC(C(F)(F)F)CC3)cn2)cc1. The van der Waals surface area contributed by atoms with Gasteiger partial charge in [0.05, 0.1) is 18.3 Å². The highest BCUT2D eigenvalue weighted by Gasteiger charge is 2.41. The van der Waals surface area contributed by atoms with Crippen molar-refractivity contribution >= 4 is 23.4 Å². The molecule has 1 amide bonds. The predicted octanol–water partition coefficient (Wildman–Crippen LogP) is 5.02. The number of aromatic nitrogens is 2. The van der Waals surface area contributed by atoms with Crippen molar-refractivity contribution in [2.24, 2.45) is 5.92 Å². The number of alkyl carbamates (subject to hydrolysis) is 1. The number of anilines is 3. The molecule has 0 unspecified atom stereocenters. The highest BCUT2D eigenvalue weighted by atomic mass is 19.4. The molecule has 32 heavy (non-hydrogen) atoms. The highest BCUT2D eigenvalue weighted by molar-refractivity contribution is 5.67. The molecule has 1 saturated heterocycles. The van der Waals surface area contributed by atoms with E-state index < -0.39 is 23.8 Å². The number of nitrogens with one attached hydrogen (secondary N) is 2. The van der Waals surface area contributed by atoms with E-state index in [1.54, 1.807) is 33.2 Å². The Hall–Kier alpha value is -3.04. The first kappa shape index (κ1) is 23.6. The summed E-state index contributed by atoms with van der Waals surface area (Å²) in [5, 5.41) is 5.83. The number of piperidine rings is 1. The minimum absolute atomic E-state index is 0.0698. The molecular formula is C22H28F3N5O2. The number of carbonyl (C=O) groups is 1. The van der Waals surface area contributed by atoms with Gasteiger partial charge in [-0.15, -0.1) is 0 Å². The standard InChI is InChI=1S/C22H28F3N5O2/c1-21(2,3)32-20(31)28-12-15-4-6-17(7-5-15)29-18-13-27-19(14-26-18)30-10-8-16(9-11-30)22(23,24)25/h4-7,13-14,16H,8-12H2,1-3H3,(H,26,29)(H,28,31). The van der Waals surface area contributed by atoms with E-state index in [9.17, 15) is 18.0 Å². The fraction of sp³-hybridized carbons (Fsp3) is 0.500. The van der Waals surface area contributed by atoms with Crippen molar-refractivity contribution < 1.29 is 22.7 Å². The molecule has 1 aromatic carbocycles. The van der Waals surface area contributed by atoms with Crippen LogP contribution in [0, 0.1) is 5.92 Å². The molecule has 0 bridgehead atoms. The molecule has 0 atom stereocenters. The largest absolute Gasteiger partial charge is 0.444 e. The number of carbonyl (C=O) groups excluding carboxylic acids is 1. The monoisotopic (exact) mass is 451 g/mol. The molecule has 2 aromatic rings. The van der Waals surface area contributed by atoms with Gasteiger partial charge in [-0.05, 0) is 51.3 Å². The lowest BCUT2D eigenvalue weighted by molar-refractivity contribution is -0.179. The Morgan fingerprint density at radius 3 is 2.28 bits per heavy atom. The summed E-state index contributed by atoms with van der Waals surface area (Å²) in [6.07, 6.45) is -1.34. The lowest BCUT2D eigenvalue weighted by Gasteiger charge is -2.33. The summed E-state index contributed by atoms with van der Waals surface area (Å²) in [6, 6.07) is 7.44.